The first-order valence-corrected chi connectivity index (χ1v) is 5.05. The smallest absolute Gasteiger partial charge is 0.00189 e. The molecule has 6 fully saturated rings. The fourth-order valence-electron chi connectivity index (χ4n) is 6.14. The minimum absolute atomic E-state index is 0.753. The lowest BCUT2D eigenvalue weighted by Gasteiger charge is -2.05. The fraction of sp³-hybridized carbons (Fsp3) is 0.818. The summed E-state index contributed by atoms with van der Waals surface area (Å²) in [4.78, 5) is 0. The predicted molar refractivity (Wildman–Crippen MR) is 41.7 cm³/mol. The first-order valence-electron chi connectivity index (χ1n) is 5.05. The van der Waals surface area contributed by atoms with Crippen molar-refractivity contribution in [2.75, 3.05) is 0 Å². The standard InChI is InChI=1S/C11H12/c1-2-11-8-4-3-5(9(8)11)7-6(4)10(7)11/h2,4-10H,1,3H2/t4-,5+,6-,7+,8-,9-,10?,11?/m0/s1. The molecule has 6 saturated carbocycles. The van der Waals surface area contributed by atoms with Crippen LogP contribution in [0.4, 0.5) is 0 Å². The molecule has 0 aromatic heterocycles. The topological polar surface area (TPSA) is 0 Å². The molecule has 11 heavy (non-hydrogen) atoms. The largest absolute Gasteiger partial charge is 0.102 e. The van der Waals surface area contributed by atoms with Crippen molar-refractivity contribution in [2.24, 2.45) is 46.8 Å². The van der Waals surface area contributed by atoms with E-state index >= 15 is 0 Å². The van der Waals surface area contributed by atoms with E-state index in [0.29, 0.717) is 0 Å². The summed E-state index contributed by atoms with van der Waals surface area (Å²) in [5, 5.41) is 0. The average molecular weight is 144 g/mol. The van der Waals surface area contributed by atoms with Crippen molar-refractivity contribution in [3.63, 3.8) is 0 Å². The highest BCUT2D eigenvalue weighted by molar-refractivity contribution is 5.47. The van der Waals surface area contributed by atoms with Crippen LogP contribution in [-0.4, -0.2) is 0 Å². The van der Waals surface area contributed by atoms with Gasteiger partial charge in [-0.15, -0.1) is 6.58 Å². The van der Waals surface area contributed by atoms with Gasteiger partial charge in [0.15, 0.2) is 0 Å². The number of hydrogen-bond donors (Lipinski definition) is 0. The number of allylic oxidation sites excluding steroid dienone is 1. The highest BCUT2D eigenvalue weighted by Crippen LogP contribution is 3.00. The molecule has 6 aliphatic carbocycles. The minimum atomic E-state index is 0.753. The van der Waals surface area contributed by atoms with Gasteiger partial charge in [0.05, 0.1) is 0 Å². The molecule has 0 radical (unpaired) electrons. The van der Waals surface area contributed by atoms with E-state index in [1.807, 2.05) is 0 Å². The van der Waals surface area contributed by atoms with Crippen molar-refractivity contribution >= 4 is 0 Å². The van der Waals surface area contributed by atoms with Gasteiger partial charge in [0.1, 0.15) is 0 Å². The third kappa shape index (κ3) is 0.210. The van der Waals surface area contributed by atoms with Gasteiger partial charge in [0, 0.05) is 0 Å². The van der Waals surface area contributed by atoms with Gasteiger partial charge >= 0.3 is 0 Å². The van der Waals surface area contributed by atoms with Crippen molar-refractivity contribution in [3.05, 3.63) is 12.7 Å². The van der Waals surface area contributed by atoms with Crippen LogP contribution in [0, 0.1) is 46.8 Å². The second-order valence-electron chi connectivity index (χ2n) is 5.50. The second-order valence-corrected chi connectivity index (χ2v) is 5.50. The lowest BCUT2D eigenvalue weighted by atomic mass is 9.99. The van der Waals surface area contributed by atoms with Crippen LogP contribution in [0.25, 0.3) is 0 Å². The zero-order valence-electron chi connectivity index (χ0n) is 6.53. The van der Waals surface area contributed by atoms with Crippen LogP contribution < -0.4 is 0 Å². The Morgan fingerprint density at radius 3 is 2.00 bits per heavy atom. The van der Waals surface area contributed by atoms with Gasteiger partial charge in [-0.1, -0.05) is 6.08 Å². The van der Waals surface area contributed by atoms with Gasteiger partial charge in [0.25, 0.3) is 0 Å². The molecule has 0 aromatic carbocycles. The van der Waals surface area contributed by atoms with Crippen LogP contribution in [0.5, 0.6) is 0 Å². The van der Waals surface area contributed by atoms with E-state index < -0.39 is 0 Å². The van der Waals surface area contributed by atoms with Gasteiger partial charge in [-0.3, -0.25) is 0 Å². The third-order valence-corrected chi connectivity index (χ3v) is 5.95. The second kappa shape index (κ2) is 0.901. The summed E-state index contributed by atoms with van der Waals surface area (Å²) < 4.78 is 0. The molecule has 2 unspecified atom stereocenters. The van der Waals surface area contributed by atoms with Gasteiger partial charge in [-0.05, 0) is 53.3 Å². The Hall–Kier alpha value is -0.260. The lowest BCUT2D eigenvalue weighted by Crippen LogP contribution is -2.00. The number of hydrogen-bond acceptors (Lipinski definition) is 0. The molecular weight excluding hydrogens is 132 g/mol. The molecule has 6 aliphatic rings. The molecule has 0 N–H and O–H groups in total. The van der Waals surface area contributed by atoms with Crippen molar-refractivity contribution < 1.29 is 0 Å². The Morgan fingerprint density at radius 1 is 1.09 bits per heavy atom. The zero-order valence-corrected chi connectivity index (χ0v) is 6.53. The Kier molecular flexibility index (Phi) is 0.384. The van der Waals surface area contributed by atoms with Gasteiger partial charge < -0.3 is 0 Å². The van der Waals surface area contributed by atoms with Gasteiger partial charge in [-0.25, -0.2) is 0 Å². The summed E-state index contributed by atoms with van der Waals surface area (Å²) in [5.74, 6) is 8.30. The van der Waals surface area contributed by atoms with E-state index in [1.165, 1.54) is 29.6 Å². The Bertz CT molecular complexity index is 276. The fourth-order valence-corrected chi connectivity index (χ4v) is 6.14. The molecule has 2 bridgehead atoms. The highest BCUT2D eigenvalue weighted by atomic mass is 15.0. The lowest BCUT2D eigenvalue weighted by molar-refractivity contribution is 0.434. The van der Waals surface area contributed by atoms with Crippen LogP contribution in [0.15, 0.2) is 12.7 Å². The molecule has 0 heteroatoms. The number of rotatable bonds is 1. The summed E-state index contributed by atoms with van der Waals surface area (Å²) in [6.45, 7) is 4.07. The third-order valence-electron chi connectivity index (χ3n) is 5.95. The van der Waals surface area contributed by atoms with Crippen molar-refractivity contribution in [3.8, 4) is 0 Å². The normalized spacial score (nSPS) is 89.3. The summed E-state index contributed by atoms with van der Waals surface area (Å²) in [6.07, 6.45) is 3.97. The van der Waals surface area contributed by atoms with Crippen LogP contribution in [0.1, 0.15) is 6.42 Å². The highest BCUT2D eigenvalue weighted by Gasteiger charge is 2.96. The zero-order chi connectivity index (χ0) is 6.96. The van der Waals surface area contributed by atoms with Gasteiger partial charge in [0.2, 0.25) is 0 Å². The molecule has 0 nitrogen and oxygen atoms in total. The van der Waals surface area contributed by atoms with E-state index in [-0.39, 0.29) is 0 Å². The quantitative estimate of drug-likeness (QED) is 0.493. The molecule has 0 spiro atoms. The Balaban J connectivity index is 1.91. The SMILES string of the molecule is C=CC12C3[C@@H]4[C@H]5C[C@@H]([C@H]34)[C@H]1[C@H]52. The Labute approximate surface area is 66.7 Å². The minimum Gasteiger partial charge on any atom is -0.102 e. The maximum Gasteiger partial charge on any atom is -0.00189 e. The molecule has 0 heterocycles. The summed E-state index contributed by atoms with van der Waals surface area (Å²) in [5.41, 5.74) is 0.753. The van der Waals surface area contributed by atoms with Crippen LogP contribution >= 0.6 is 0 Å². The summed E-state index contributed by atoms with van der Waals surface area (Å²) in [6, 6.07) is 0. The molecule has 0 aliphatic heterocycles. The first-order chi connectivity index (χ1) is 5.41. The molecule has 56 valence electrons. The van der Waals surface area contributed by atoms with Crippen molar-refractivity contribution in [1.82, 2.24) is 0 Å². The van der Waals surface area contributed by atoms with Crippen LogP contribution in [0.2, 0.25) is 0 Å². The van der Waals surface area contributed by atoms with Crippen molar-refractivity contribution in [1.29, 1.82) is 0 Å². The van der Waals surface area contributed by atoms with Crippen molar-refractivity contribution in [2.45, 2.75) is 6.42 Å². The van der Waals surface area contributed by atoms with Crippen LogP contribution in [-0.2, 0) is 0 Å². The molecule has 8 atom stereocenters. The van der Waals surface area contributed by atoms with Gasteiger partial charge in [-0.2, -0.15) is 0 Å². The van der Waals surface area contributed by atoms with E-state index in [9.17, 15) is 0 Å². The van der Waals surface area contributed by atoms with Crippen LogP contribution in [0.3, 0.4) is 0 Å². The molecule has 0 amide bonds. The first kappa shape index (κ1) is 4.69. The molecule has 6 rings (SSSR count). The Morgan fingerprint density at radius 2 is 1.73 bits per heavy atom. The summed E-state index contributed by atoms with van der Waals surface area (Å²) in [7, 11) is 0. The van der Waals surface area contributed by atoms with E-state index in [1.54, 1.807) is 6.42 Å². The molecule has 0 saturated heterocycles. The monoisotopic (exact) mass is 144 g/mol. The van der Waals surface area contributed by atoms with E-state index in [4.69, 9.17) is 0 Å². The van der Waals surface area contributed by atoms with E-state index in [0.717, 1.165) is 17.3 Å². The maximum absolute atomic E-state index is 4.07. The van der Waals surface area contributed by atoms with E-state index in [2.05, 4.69) is 12.7 Å². The summed E-state index contributed by atoms with van der Waals surface area (Å²) >= 11 is 0. The predicted octanol–water partition coefficient (Wildman–Crippen LogP) is 1.93. The molecule has 0 aromatic rings. The maximum atomic E-state index is 4.07. The average Bonchev–Trinajstić information content (AvgIpc) is 2.79. The molecular formula is C11H12.